The van der Waals surface area contributed by atoms with Crippen LogP contribution in [-0.2, 0) is 25.2 Å². The number of carbonyl (C=O) groups is 1. The third-order valence-corrected chi connectivity index (χ3v) is 9.33. The van der Waals surface area contributed by atoms with Crippen LogP contribution in [0.15, 0.2) is 24.8 Å². The molecule has 4 atom stereocenters. The highest BCUT2D eigenvalue weighted by Crippen LogP contribution is 2.45. The molecule has 0 bridgehead atoms. The van der Waals surface area contributed by atoms with E-state index in [2.05, 4.69) is 39.0 Å². The van der Waals surface area contributed by atoms with Crippen LogP contribution >= 0.6 is 11.6 Å². The number of hydrogen-bond donors (Lipinski definition) is 3. The Morgan fingerprint density at radius 1 is 1.17 bits per heavy atom. The van der Waals surface area contributed by atoms with E-state index < -0.39 is 40.8 Å². The molecule has 0 radical (unpaired) electrons. The van der Waals surface area contributed by atoms with E-state index in [1.54, 1.807) is 6.33 Å². The smallest absolute Gasteiger partial charge is 0.397 e. The van der Waals surface area contributed by atoms with Gasteiger partial charge in [0.25, 0.3) is 0 Å². The number of amides is 1. The van der Waals surface area contributed by atoms with Gasteiger partial charge in [0.2, 0.25) is 5.91 Å². The number of carbonyl (C=O) groups excluding carboxylic acids is 1. The van der Waals surface area contributed by atoms with Crippen LogP contribution in [0.5, 0.6) is 0 Å². The highest BCUT2D eigenvalue weighted by molar-refractivity contribution is 6.32. The monoisotopic (exact) mass is 666 g/mol. The molecule has 2 saturated heterocycles. The molecule has 1 amide bonds. The minimum atomic E-state index is -4.66. The number of nitrogens with zero attached hydrogens (tertiary/aromatic N) is 5. The number of benzene rings is 1. The van der Waals surface area contributed by atoms with Crippen LogP contribution in [0.4, 0.5) is 30.4 Å². The van der Waals surface area contributed by atoms with Crippen LogP contribution in [-0.4, -0.2) is 73.1 Å². The fraction of sp³-hybridized carbons (Fsp3) is 0.600. The molecule has 12 nitrogen and oxygen atoms in total. The molecule has 4 heterocycles. The first-order valence-corrected chi connectivity index (χ1v) is 15.6. The van der Waals surface area contributed by atoms with Gasteiger partial charge in [0.15, 0.2) is 23.5 Å². The van der Waals surface area contributed by atoms with Gasteiger partial charge in [0, 0.05) is 25.0 Å². The van der Waals surface area contributed by atoms with E-state index in [1.807, 2.05) is 18.4 Å². The number of hydrogen-bond acceptors (Lipinski definition) is 10. The zero-order chi connectivity index (χ0) is 33.1. The Morgan fingerprint density at radius 2 is 1.89 bits per heavy atom. The quantitative estimate of drug-likeness (QED) is 0.266. The zero-order valence-corrected chi connectivity index (χ0v) is 26.7. The van der Waals surface area contributed by atoms with Gasteiger partial charge in [-0.3, -0.25) is 14.3 Å². The van der Waals surface area contributed by atoms with Crippen molar-refractivity contribution in [1.82, 2.24) is 24.4 Å². The summed E-state index contributed by atoms with van der Waals surface area (Å²) in [6.07, 6.45) is -0.661. The Bertz CT molecular complexity index is 1610. The minimum absolute atomic E-state index is 0.0279. The number of nitrogen functional groups attached to an aromatic ring is 2. The summed E-state index contributed by atoms with van der Waals surface area (Å²) >= 11 is 5.71. The summed E-state index contributed by atoms with van der Waals surface area (Å²) < 4.78 is 60.9. The maximum absolute atomic E-state index is 13.3. The Balaban J connectivity index is 1.07. The number of fused-ring (bicyclic) bond motifs is 2. The molecule has 4 unspecified atom stereocenters. The predicted molar refractivity (Wildman–Crippen MR) is 165 cm³/mol. The van der Waals surface area contributed by atoms with Gasteiger partial charge < -0.3 is 31.0 Å². The van der Waals surface area contributed by atoms with Gasteiger partial charge in [0.05, 0.1) is 28.3 Å². The number of imidazole rings is 1. The van der Waals surface area contributed by atoms with E-state index in [9.17, 15) is 18.0 Å². The molecule has 3 aliphatic rings. The first-order chi connectivity index (χ1) is 21.6. The molecule has 0 spiro atoms. The second kappa shape index (κ2) is 12.1. The van der Waals surface area contributed by atoms with Crippen molar-refractivity contribution >= 4 is 45.9 Å². The molecule has 250 valence electrons. The molecule has 2 aromatic heterocycles. The number of rotatable bonds is 9. The lowest BCUT2D eigenvalue weighted by molar-refractivity contribution is -0.199. The van der Waals surface area contributed by atoms with Gasteiger partial charge in [-0.1, -0.05) is 11.6 Å². The summed E-state index contributed by atoms with van der Waals surface area (Å²) in [6, 6.07) is 2.26. The molecule has 2 aliphatic heterocycles. The van der Waals surface area contributed by atoms with Crippen molar-refractivity contribution in [3.63, 3.8) is 0 Å². The second-order valence-corrected chi connectivity index (χ2v) is 13.4. The highest BCUT2D eigenvalue weighted by atomic mass is 35.5. The lowest BCUT2D eigenvalue weighted by Crippen LogP contribution is -2.52. The Morgan fingerprint density at radius 3 is 2.59 bits per heavy atom. The van der Waals surface area contributed by atoms with E-state index >= 15 is 0 Å². The molecule has 1 aliphatic carbocycles. The zero-order valence-electron chi connectivity index (χ0n) is 25.9. The first kappa shape index (κ1) is 32.7. The third kappa shape index (κ3) is 6.35. The van der Waals surface area contributed by atoms with E-state index in [-0.39, 0.29) is 47.9 Å². The lowest BCUT2D eigenvalue weighted by atomic mass is 9.76. The second-order valence-electron chi connectivity index (χ2n) is 13.0. The summed E-state index contributed by atoms with van der Waals surface area (Å²) in [6.45, 7) is 8.64. The van der Waals surface area contributed by atoms with Crippen molar-refractivity contribution in [1.29, 1.82) is 0 Å². The maximum Gasteiger partial charge on any atom is 0.417 e. The third-order valence-electron chi connectivity index (χ3n) is 9.02. The van der Waals surface area contributed by atoms with Crippen molar-refractivity contribution in [2.45, 2.75) is 102 Å². The number of aromatic nitrogens is 4. The molecule has 3 aromatic rings. The van der Waals surface area contributed by atoms with Gasteiger partial charge in [-0.2, -0.15) is 13.2 Å². The van der Waals surface area contributed by atoms with Crippen LogP contribution in [0.25, 0.3) is 11.2 Å². The van der Waals surface area contributed by atoms with Crippen LogP contribution < -0.4 is 16.8 Å². The molecule has 6 rings (SSSR count). The van der Waals surface area contributed by atoms with Crippen molar-refractivity contribution in [3.05, 3.63) is 35.4 Å². The standard InChI is InChI=1S/C30H38ClF3N8O4/c1-14(2)41(16-7-15(8-16)5-6-22(43)40-20-9-17(30(32,33)34)18(31)10-19(20)35)11-21-24-25(46-29(3,4)45-24)28(44-21)42-13-39-23-26(36)37-12-38-27(23)42/h9-10,12-16,21,24-25,28H,5-8,11,35H2,1-4H3,(H,40,43)(H2,36,37,38). The summed E-state index contributed by atoms with van der Waals surface area (Å²) in [5.41, 5.74) is 11.7. The summed E-state index contributed by atoms with van der Waals surface area (Å²) in [5, 5.41) is 2.00. The number of nitrogens with one attached hydrogen (secondary N) is 1. The van der Waals surface area contributed by atoms with E-state index in [0.29, 0.717) is 30.0 Å². The Hall–Kier alpha value is -3.24. The fourth-order valence-electron chi connectivity index (χ4n) is 6.74. The van der Waals surface area contributed by atoms with E-state index in [1.165, 1.54) is 6.33 Å². The molecule has 1 aromatic carbocycles. The van der Waals surface area contributed by atoms with E-state index in [0.717, 1.165) is 25.0 Å². The van der Waals surface area contributed by atoms with Crippen molar-refractivity contribution < 1.29 is 32.2 Å². The summed E-state index contributed by atoms with van der Waals surface area (Å²) in [5.74, 6) is -0.618. The van der Waals surface area contributed by atoms with Crippen molar-refractivity contribution in [2.24, 2.45) is 5.92 Å². The van der Waals surface area contributed by atoms with Gasteiger partial charge in [-0.15, -0.1) is 0 Å². The van der Waals surface area contributed by atoms with Gasteiger partial charge in [-0.25, -0.2) is 15.0 Å². The largest absolute Gasteiger partial charge is 0.417 e. The minimum Gasteiger partial charge on any atom is -0.397 e. The Labute approximate surface area is 268 Å². The average Bonchev–Trinajstić information content (AvgIpc) is 3.59. The molecule has 16 heteroatoms. The maximum atomic E-state index is 13.3. The number of ether oxygens (including phenoxy) is 3. The molecular formula is C30H38ClF3N8O4. The number of anilines is 3. The van der Waals surface area contributed by atoms with Crippen LogP contribution in [0.1, 0.15) is 65.2 Å². The van der Waals surface area contributed by atoms with Gasteiger partial charge >= 0.3 is 6.18 Å². The first-order valence-electron chi connectivity index (χ1n) is 15.3. The molecule has 3 fully saturated rings. The van der Waals surface area contributed by atoms with Gasteiger partial charge in [-0.05, 0) is 65.0 Å². The SMILES string of the molecule is CC(C)N(CC1OC(n2cnc3c(N)ncnc32)C2OC(C)(C)OC12)C1CC(CCC(=O)Nc2cc(C(F)(F)F)c(Cl)cc2N)C1. The van der Waals surface area contributed by atoms with Crippen LogP contribution in [0.2, 0.25) is 5.02 Å². The van der Waals surface area contributed by atoms with Crippen molar-refractivity contribution in [2.75, 3.05) is 23.3 Å². The average molecular weight is 667 g/mol. The number of halogens is 4. The lowest BCUT2D eigenvalue weighted by Gasteiger charge is -2.46. The number of alkyl halides is 3. The molecule has 46 heavy (non-hydrogen) atoms. The summed E-state index contributed by atoms with van der Waals surface area (Å²) in [4.78, 5) is 27.9. The highest BCUT2D eigenvalue weighted by Gasteiger charge is 2.57. The summed E-state index contributed by atoms with van der Waals surface area (Å²) in [7, 11) is 0. The van der Waals surface area contributed by atoms with Crippen LogP contribution in [0, 0.1) is 5.92 Å². The molecular weight excluding hydrogens is 629 g/mol. The van der Waals surface area contributed by atoms with Gasteiger partial charge in [0.1, 0.15) is 30.2 Å². The molecule has 1 saturated carbocycles. The number of nitrogens with two attached hydrogens (primary N) is 2. The Kier molecular flexibility index (Phi) is 8.59. The van der Waals surface area contributed by atoms with Crippen molar-refractivity contribution in [3.8, 4) is 0 Å². The normalized spacial score (nSPS) is 27.3. The van der Waals surface area contributed by atoms with Crippen LogP contribution in [0.3, 0.4) is 0 Å². The molecule has 5 N–H and O–H groups in total. The predicted octanol–water partition coefficient (Wildman–Crippen LogP) is 4.99. The fourth-order valence-corrected chi connectivity index (χ4v) is 7.02. The van der Waals surface area contributed by atoms with E-state index in [4.69, 9.17) is 37.3 Å². The topological polar surface area (TPSA) is 156 Å².